The summed E-state index contributed by atoms with van der Waals surface area (Å²) >= 11 is 23.0. The van der Waals surface area contributed by atoms with Gasteiger partial charge in [0.1, 0.15) is 0 Å². The average Bonchev–Trinajstić information content (AvgIpc) is 2.27. The van der Waals surface area contributed by atoms with E-state index in [1.54, 1.807) is 0 Å². The molecule has 0 spiro atoms. The van der Waals surface area contributed by atoms with Crippen molar-refractivity contribution in [2.75, 3.05) is 17.1 Å². The zero-order valence-corrected chi connectivity index (χ0v) is 15.2. The maximum atomic E-state index is 6.07. The predicted octanol–water partition coefficient (Wildman–Crippen LogP) is 5.42. The van der Waals surface area contributed by atoms with Crippen molar-refractivity contribution >= 4 is 71.0 Å². The smallest absolute Gasteiger partial charge is 0.0352 e. The Morgan fingerprint density at radius 3 is 2.07 bits per heavy atom. The lowest BCUT2D eigenvalue weighted by molar-refractivity contribution is 0.325. The topological polar surface area (TPSA) is 0 Å². The molecule has 92 valence electrons. The lowest BCUT2D eigenvalue weighted by Crippen LogP contribution is -2.44. The Bertz CT molecular complexity index is 180. The Balaban J connectivity index is 4.87. The van der Waals surface area contributed by atoms with E-state index in [1.165, 1.54) is 0 Å². The summed E-state index contributed by atoms with van der Waals surface area (Å²) < 4.78 is 0.0430. The molecule has 0 aliphatic carbocycles. The van der Waals surface area contributed by atoms with Crippen molar-refractivity contribution in [2.24, 2.45) is 11.8 Å². The van der Waals surface area contributed by atoms with Gasteiger partial charge in [-0.25, -0.2) is 0 Å². The zero-order valence-electron chi connectivity index (χ0n) is 8.95. The first kappa shape index (κ1) is 17.0. The molecule has 0 nitrogen and oxygen atoms in total. The van der Waals surface area contributed by atoms with Crippen LogP contribution in [0.15, 0.2) is 0 Å². The van der Waals surface area contributed by atoms with Crippen LogP contribution >= 0.6 is 71.0 Å². The van der Waals surface area contributed by atoms with Crippen molar-refractivity contribution in [3.63, 3.8) is 0 Å². The molecule has 0 fully saturated rings. The molecule has 0 saturated carbocycles. The fourth-order valence-electron chi connectivity index (χ4n) is 1.74. The number of hydrogen-bond acceptors (Lipinski definition) is 0. The molecule has 0 radical (unpaired) electrons. The van der Waals surface area contributed by atoms with Crippen molar-refractivity contribution in [1.29, 1.82) is 0 Å². The quantitative estimate of drug-likeness (QED) is 0.457. The molecule has 0 saturated heterocycles. The fraction of sp³-hybridized carbons (Fsp3) is 1.00. The average molecular weight is 448 g/mol. The van der Waals surface area contributed by atoms with Crippen molar-refractivity contribution in [3.05, 3.63) is 0 Å². The van der Waals surface area contributed by atoms with Crippen molar-refractivity contribution in [1.82, 2.24) is 0 Å². The van der Waals surface area contributed by atoms with Gasteiger partial charge in [0, 0.05) is 32.2 Å². The summed E-state index contributed by atoms with van der Waals surface area (Å²) in [6.45, 7) is 4.40. The minimum absolute atomic E-state index is 0.0430. The van der Waals surface area contributed by atoms with E-state index in [2.05, 4.69) is 61.6 Å². The van der Waals surface area contributed by atoms with Gasteiger partial charge in [-0.3, -0.25) is 0 Å². The highest BCUT2D eigenvalue weighted by Gasteiger charge is 2.41. The van der Waals surface area contributed by atoms with Gasteiger partial charge in [-0.15, -0.1) is 23.2 Å². The molecule has 0 aliphatic rings. The highest BCUT2D eigenvalue weighted by molar-refractivity contribution is 9.10. The first-order chi connectivity index (χ1) is 6.97. The molecule has 0 aromatic heterocycles. The van der Waals surface area contributed by atoms with E-state index in [4.69, 9.17) is 23.2 Å². The van der Waals surface area contributed by atoms with Gasteiger partial charge < -0.3 is 0 Å². The Labute approximate surface area is 128 Å². The zero-order chi connectivity index (χ0) is 12.1. The van der Waals surface area contributed by atoms with E-state index in [9.17, 15) is 0 Å². The van der Waals surface area contributed by atoms with Crippen LogP contribution in [-0.2, 0) is 0 Å². The number of rotatable bonds is 7. The normalized spacial score (nSPS) is 21.8. The largest absolute Gasteiger partial charge is 0.126 e. The third kappa shape index (κ3) is 4.31. The van der Waals surface area contributed by atoms with Gasteiger partial charge in [0.25, 0.3) is 0 Å². The molecule has 4 unspecified atom stereocenters. The van der Waals surface area contributed by atoms with E-state index < -0.39 is 0 Å². The van der Waals surface area contributed by atoms with Crippen LogP contribution in [0.1, 0.15) is 20.3 Å². The lowest BCUT2D eigenvalue weighted by atomic mass is 9.80. The lowest BCUT2D eigenvalue weighted by Gasteiger charge is -2.40. The third-order valence-electron chi connectivity index (χ3n) is 2.96. The summed E-state index contributed by atoms with van der Waals surface area (Å²) in [5.41, 5.74) is 0. The second-order valence-corrected chi connectivity index (χ2v) is 7.68. The Hall–Kier alpha value is 2.02. The summed E-state index contributed by atoms with van der Waals surface area (Å²) in [7, 11) is 0. The molecular formula is C10H17Br3Cl2. The van der Waals surface area contributed by atoms with Crippen LogP contribution in [0.25, 0.3) is 0 Å². The van der Waals surface area contributed by atoms with Crippen LogP contribution in [-0.4, -0.2) is 26.2 Å². The van der Waals surface area contributed by atoms with Gasteiger partial charge in [-0.05, 0) is 12.3 Å². The number of hydrogen-bond donors (Lipinski definition) is 0. The summed E-state index contributed by atoms with van der Waals surface area (Å²) in [5.74, 6) is 2.03. The highest BCUT2D eigenvalue weighted by Crippen LogP contribution is 2.43. The molecule has 0 aromatic rings. The molecule has 0 amide bonds. The molecule has 4 atom stereocenters. The van der Waals surface area contributed by atoms with E-state index in [0.29, 0.717) is 23.6 Å². The van der Waals surface area contributed by atoms with Crippen molar-refractivity contribution in [3.8, 4) is 0 Å². The van der Waals surface area contributed by atoms with Gasteiger partial charge in [0.2, 0.25) is 0 Å². The van der Waals surface area contributed by atoms with Crippen LogP contribution in [0.4, 0.5) is 0 Å². The first-order valence-electron chi connectivity index (χ1n) is 4.98. The molecule has 0 aromatic carbocycles. The maximum Gasteiger partial charge on any atom is 0.0352 e. The first-order valence-corrected chi connectivity index (χ1v) is 8.88. The molecule has 0 N–H and O–H groups in total. The Kier molecular flexibility index (Phi) is 9.28. The van der Waals surface area contributed by atoms with Crippen LogP contribution in [0, 0.1) is 11.8 Å². The standard InChI is InChI=1S/C10H17Br3Cl2/c1-3-10(13,7(2)4-11)8(5-14)9(12)6-15/h7-9H,3-6H2,1-2H3. The van der Waals surface area contributed by atoms with Gasteiger partial charge in [0.05, 0.1) is 0 Å². The van der Waals surface area contributed by atoms with E-state index in [0.717, 1.165) is 11.8 Å². The van der Waals surface area contributed by atoms with E-state index in [-0.39, 0.29) is 9.15 Å². The van der Waals surface area contributed by atoms with Crippen LogP contribution in [0.3, 0.4) is 0 Å². The molecule has 0 heterocycles. The van der Waals surface area contributed by atoms with Gasteiger partial charge in [0.15, 0.2) is 0 Å². The predicted molar refractivity (Wildman–Crippen MR) is 82.6 cm³/mol. The molecule has 0 rings (SSSR count). The fourth-order valence-corrected chi connectivity index (χ4v) is 5.51. The molecule has 5 heteroatoms. The molecular weight excluding hydrogens is 431 g/mol. The summed E-state index contributed by atoms with van der Waals surface area (Å²) in [5, 5.41) is 0.960. The van der Waals surface area contributed by atoms with Gasteiger partial charge in [-0.1, -0.05) is 61.6 Å². The third-order valence-corrected chi connectivity index (χ3v) is 7.86. The molecule has 0 aliphatic heterocycles. The summed E-state index contributed by atoms with van der Waals surface area (Å²) in [6.07, 6.45) is 1.04. The Morgan fingerprint density at radius 1 is 1.27 bits per heavy atom. The monoisotopic (exact) mass is 444 g/mol. The SMILES string of the molecule is CCC(Br)(C(C)CBr)C(CCl)C(Br)CCl. The Morgan fingerprint density at radius 2 is 1.80 bits per heavy atom. The van der Waals surface area contributed by atoms with Crippen LogP contribution in [0.5, 0.6) is 0 Å². The molecule has 0 bridgehead atoms. The molecule has 15 heavy (non-hydrogen) atoms. The minimum Gasteiger partial charge on any atom is -0.126 e. The van der Waals surface area contributed by atoms with Crippen LogP contribution in [0.2, 0.25) is 0 Å². The number of halogens is 5. The summed E-state index contributed by atoms with van der Waals surface area (Å²) in [4.78, 5) is 0.248. The van der Waals surface area contributed by atoms with Gasteiger partial charge >= 0.3 is 0 Å². The van der Waals surface area contributed by atoms with E-state index in [1.807, 2.05) is 0 Å². The maximum absolute atomic E-state index is 6.07. The highest BCUT2D eigenvalue weighted by atomic mass is 79.9. The summed E-state index contributed by atoms with van der Waals surface area (Å²) in [6, 6.07) is 0. The van der Waals surface area contributed by atoms with Crippen LogP contribution < -0.4 is 0 Å². The van der Waals surface area contributed by atoms with Crippen molar-refractivity contribution < 1.29 is 0 Å². The second kappa shape index (κ2) is 8.18. The second-order valence-electron chi connectivity index (χ2n) is 3.77. The van der Waals surface area contributed by atoms with E-state index >= 15 is 0 Å². The number of alkyl halides is 5. The minimum atomic E-state index is 0.0430. The van der Waals surface area contributed by atoms with Gasteiger partial charge in [-0.2, -0.15) is 0 Å². The van der Waals surface area contributed by atoms with Crippen molar-refractivity contribution in [2.45, 2.75) is 29.4 Å².